The quantitative estimate of drug-likeness (QED) is 0.781. The molecule has 0 fully saturated rings. The van der Waals surface area contributed by atoms with Crippen LogP contribution in [0.2, 0.25) is 0 Å². The highest BCUT2D eigenvalue weighted by atomic mass is 16.2. The fourth-order valence-corrected chi connectivity index (χ4v) is 3.31. The van der Waals surface area contributed by atoms with Crippen LogP contribution in [0.3, 0.4) is 0 Å². The van der Waals surface area contributed by atoms with Crippen molar-refractivity contribution in [3.63, 3.8) is 0 Å². The predicted molar refractivity (Wildman–Crippen MR) is 94.5 cm³/mol. The standard InChI is InChI=1S/C20H19N.CO2/c1-2-14-7-8-16-10-15(11-17(16)9-14)12-18-13-21-20-6-4-3-5-19(18)20;2-1-3/h3-9,11,13,21H,2,10,12H2,1H3;. The molecule has 0 aliphatic heterocycles. The molecule has 1 aromatic heterocycles. The van der Waals surface area contributed by atoms with Gasteiger partial charge in [-0.2, -0.15) is 9.59 Å². The van der Waals surface area contributed by atoms with E-state index >= 15 is 0 Å². The second kappa shape index (κ2) is 7.12. The van der Waals surface area contributed by atoms with Gasteiger partial charge in [-0.1, -0.05) is 55.0 Å². The Morgan fingerprint density at radius 3 is 2.71 bits per heavy atom. The van der Waals surface area contributed by atoms with Crippen molar-refractivity contribution in [2.75, 3.05) is 0 Å². The van der Waals surface area contributed by atoms with E-state index in [2.05, 4.69) is 66.6 Å². The van der Waals surface area contributed by atoms with Crippen LogP contribution in [0.4, 0.5) is 0 Å². The molecule has 3 aromatic rings. The van der Waals surface area contributed by atoms with Crippen LogP contribution in [0.5, 0.6) is 0 Å². The third-order valence-corrected chi connectivity index (χ3v) is 4.49. The number of benzene rings is 2. The van der Waals surface area contributed by atoms with Gasteiger partial charge in [-0.05, 0) is 47.6 Å². The predicted octanol–water partition coefficient (Wildman–Crippen LogP) is 4.33. The van der Waals surface area contributed by atoms with E-state index in [-0.39, 0.29) is 6.15 Å². The average Bonchev–Trinajstić information content (AvgIpc) is 3.19. The molecule has 0 unspecified atom stereocenters. The van der Waals surface area contributed by atoms with Crippen LogP contribution in [0.25, 0.3) is 17.0 Å². The van der Waals surface area contributed by atoms with Crippen LogP contribution < -0.4 is 0 Å². The molecule has 1 aliphatic rings. The number of hydrogen-bond donors (Lipinski definition) is 1. The van der Waals surface area contributed by atoms with E-state index in [9.17, 15) is 0 Å². The first-order valence-corrected chi connectivity index (χ1v) is 8.10. The Balaban J connectivity index is 0.000000526. The molecule has 1 N–H and O–H groups in total. The van der Waals surface area contributed by atoms with Gasteiger partial charge in [0.25, 0.3) is 0 Å². The molecular weight excluding hydrogens is 298 g/mol. The van der Waals surface area contributed by atoms with Gasteiger partial charge in [-0.15, -0.1) is 0 Å². The first kappa shape index (κ1) is 16.0. The summed E-state index contributed by atoms with van der Waals surface area (Å²) in [5.41, 5.74) is 8.48. The molecule has 1 aliphatic carbocycles. The summed E-state index contributed by atoms with van der Waals surface area (Å²) in [5.74, 6) is 0. The second-order valence-corrected chi connectivity index (χ2v) is 5.99. The highest BCUT2D eigenvalue weighted by Gasteiger charge is 2.14. The highest BCUT2D eigenvalue weighted by Crippen LogP contribution is 2.30. The molecule has 0 atom stereocenters. The maximum atomic E-state index is 8.12. The second-order valence-electron chi connectivity index (χ2n) is 5.99. The lowest BCUT2D eigenvalue weighted by atomic mass is 10.0. The van der Waals surface area contributed by atoms with Gasteiger partial charge in [0.05, 0.1) is 0 Å². The fraction of sp³-hybridized carbons (Fsp3) is 0.190. The summed E-state index contributed by atoms with van der Waals surface area (Å²) < 4.78 is 0. The normalized spacial score (nSPS) is 12.1. The topological polar surface area (TPSA) is 49.9 Å². The molecule has 0 radical (unpaired) electrons. The van der Waals surface area contributed by atoms with Crippen LogP contribution in [-0.4, -0.2) is 11.1 Å². The van der Waals surface area contributed by atoms with Gasteiger partial charge in [0.2, 0.25) is 0 Å². The third kappa shape index (κ3) is 3.22. The maximum Gasteiger partial charge on any atom is 0.373 e. The van der Waals surface area contributed by atoms with Crippen molar-refractivity contribution in [3.05, 3.63) is 76.5 Å². The van der Waals surface area contributed by atoms with E-state index in [1.165, 1.54) is 38.7 Å². The largest absolute Gasteiger partial charge is 0.373 e. The van der Waals surface area contributed by atoms with E-state index in [0.717, 1.165) is 19.3 Å². The number of nitrogens with one attached hydrogen (secondary N) is 1. The number of H-pyrrole nitrogens is 1. The summed E-state index contributed by atoms with van der Waals surface area (Å²) in [5, 5.41) is 1.35. The zero-order valence-corrected chi connectivity index (χ0v) is 13.6. The molecule has 0 spiro atoms. The Kier molecular flexibility index (Phi) is 4.74. The Bertz CT molecular complexity index is 928. The summed E-state index contributed by atoms with van der Waals surface area (Å²) in [7, 11) is 0. The van der Waals surface area contributed by atoms with E-state index in [1.54, 1.807) is 0 Å². The van der Waals surface area contributed by atoms with Crippen molar-refractivity contribution in [2.45, 2.75) is 26.2 Å². The number of carbonyl (C=O) groups excluding carboxylic acids is 2. The number of fused-ring (bicyclic) bond motifs is 2. The SMILES string of the molecule is CCc1ccc2c(c1)C=C(Cc1c[nH]c3ccccc13)C2.O=C=O. The zero-order chi connectivity index (χ0) is 16.9. The average molecular weight is 317 g/mol. The Morgan fingerprint density at radius 1 is 1.12 bits per heavy atom. The van der Waals surface area contributed by atoms with Gasteiger partial charge >= 0.3 is 6.15 Å². The molecule has 1 heterocycles. The van der Waals surface area contributed by atoms with E-state index in [4.69, 9.17) is 9.59 Å². The van der Waals surface area contributed by atoms with E-state index < -0.39 is 0 Å². The van der Waals surface area contributed by atoms with E-state index in [0.29, 0.717) is 0 Å². The van der Waals surface area contributed by atoms with Crippen LogP contribution in [0, 0.1) is 0 Å². The Labute approximate surface area is 141 Å². The summed E-state index contributed by atoms with van der Waals surface area (Å²) >= 11 is 0. The van der Waals surface area contributed by atoms with Crippen molar-refractivity contribution in [3.8, 4) is 0 Å². The Morgan fingerprint density at radius 2 is 1.92 bits per heavy atom. The molecule has 2 aromatic carbocycles. The fourth-order valence-electron chi connectivity index (χ4n) is 3.31. The lowest BCUT2D eigenvalue weighted by Gasteiger charge is -2.02. The van der Waals surface area contributed by atoms with Gasteiger partial charge in [0, 0.05) is 17.1 Å². The van der Waals surface area contributed by atoms with Crippen LogP contribution in [0.15, 0.2) is 54.2 Å². The lowest BCUT2D eigenvalue weighted by molar-refractivity contribution is -0.191. The molecule has 0 saturated heterocycles. The molecule has 0 bridgehead atoms. The summed E-state index contributed by atoms with van der Waals surface area (Å²) in [4.78, 5) is 19.6. The van der Waals surface area contributed by atoms with Gasteiger partial charge in [0.1, 0.15) is 0 Å². The third-order valence-electron chi connectivity index (χ3n) is 4.49. The van der Waals surface area contributed by atoms with Crippen LogP contribution >= 0.6 is 0 Å². The molecule has 3 nitrogen and oxygen atoms in total. The first-order chi connectivity index (χ1) is 11.7. The number of allylic oxidation sites excluding steroid dienone is 1. The number of para-hydroxylation sites is 1. The van der Waals surface area contributed by atoms with Gasteiger partial charge in [0.15, 0.2) is 0 Å². The molecule has 24 heavy (non-hydrogen) atoms. The van der Waals surface area contributed by atoms with Crippen molar-refractivity contribution >= 4 is 23.1 Å². The highest BCUT2D eigenvalue weighted by molar-refractivity contribution is 5.83. The number of rotatable bonds is 3. The molecule has 120 valence electrons. The summed E-state index contributed by atoms with van der Waals surface area (Å²) in [6.07, 6.45) is 8.04. The molecule has 4 rings (SSSR count). The van der Waals surface area contributed by atoms with Crippen molar-refractivity contribution in [1.82, 2.24) is 4.98 Å². The number of aromatic amines is 1. The van der Waals surface area contributed by atoms with Crippen LogP contribution in [0.1, 0.15) is 29.2 Å². The lowest BCUT2D eigenvalue weighted by Crippen LogP contribution is -1.90. The van der Waals surface area contributed by atoms with Crippen molar-refractivity contribution in [2.24, 2.45) is 0 Å². The molecule has 0 amide bonds. The van der Waals surface area contributed by atoms with Crippen molar-refractivity contribution in [1.29, 1.82) is 0 Å². The smallest absolute Gasteiger partial charge is 0.361 e. The minimum Gasteiger partial charge on any atom is -0.361 e. The molecule has 0 saturated carbocycles. The number of aryl methyl sites for hydroxylation is 1. The monoisotopic (exact) mass is 317 g/mol. The van der Waals surface area contributed by atoms with E-state index in [1.807, 2.05) is 0 Å². The minimum absolute atomic E-state index is 0.250. The summed E-state index contributed by atoms with van der Waals surface area (Å²) in [6, 6.07) is 15.5. The zero-order valence-electron chi connectivity index (χ0n) is 13.6. The van der Waals surface area contributed by atoms with Crippen LogP contribution in [-0.2, 0) is 28.9 Å². The first-order valence-electron chi connectivity index (χ1n) is 8.10. The maximum absolute atomic E-state index is 8.12. The van der Waals surface area contributed by atoms with Gasteiger partial charge in [-0.3, -0.25) is 0 Å². The number of aromatic nitrogens is 1. The van der Waals surface area contributed by atoms with Gasteiger partial charge in [-0.25, -0.2) is 0 Å². The van der Waals surface area contributed by atoms with Crippen molar-refractivity contribution < 1.29 is 9.59 Å². The molecular formula is C21H19NO2. The number of hydrogen-bond acceptors (Lipinski definition) is 2. The van der Waals surface area contributed by atoms with Gasteiger partial charge < -0.3 is 4.98 Å². The molecule has 3 heteroatoms. The summed E-state index contributed by atoms with van der Waals surface area (Å²) in [6.45, 7) is 2.22. The Hall–Kier alpha value is -2.90. The minimum atomic E-state index is 0.250.